The molecular weight excluding hydrogens is 306 g/mol. The molecule has 0 unspecified atom stereocenters. The summed E-state index contributed by atoms with van der Waals surface area (Å²) < 4.78 is 0. The Morgan fingerprint density at radius 2 is 2.23 bits per heavy atom. The number of likely N-dealkylation sites (tertiary alicyclic amines) is 1. The Balaban J connectivity index is 2.06. The van der Waals surface area contributed by atoms with Crippen LogP contribution in [0.4, 0.5) is 10.5 Å². The van der Waals surface area contributed by atoms with Crippen LogP contribution in [-0.4, -0.2) is 47.7 Å². The first-order valence-electron chi connectivity index (χ1n) is 7.33. The van der Waals surface area contributed by atoms with Gasteiger partial charge >= 0.3 is 6.03 Å². The maximum atomic E-state index is 12.1. The molecule has 1 aromatic rings. The highest BCUT2D eigenvalue weighted by atomic mass is 35.5. The van der Waals surface area contributed by atoms with E-state index in [1.807, 2.05) is 6.92 Å². The lowest BCUT2D eigenvalue weighted by molar-refractivity contribution is 0.0953. The Bertz CT molecular complexity index is 565. The second-order valence-electron chi connectivity index (χ2n) is 5.27. The van der Waals surface area contributed by atoms with Crippen molar-refractivity contribution in [2.24, 2.45) is 0 Å². The highest BCUT2D eigenvalue weighted by Crippen LogP contribution is 2.24. The maximum Gasteiger partial charge on any atom is 0.321 e. The van der Waals surface area contributed by atoms with Gasteiger partial charge in [-0.3, -0.25) is 4.79 Å². The fraction of sp³-hybridized carbons (Fsp3) is 0.467. The van der Waals surface area contributed by atoms with E-state index in [4.69, 9.17) is 11.6 Å². The molecule has 0 spiro atoms. The number of hydrogen-bond acceptors (Lipinski definition) is 3. The van der Waals surface area contributed by atoms with E-state index in [0.29, 0.717) is 42.3 Å². The van der Waals surface area contributed by atoms with E-state index < -0.39 is 6.10 Å². The number of rotatable bonds is 4. The van der Waals surface area contributed by atoms with Crippen LogP contribution in [0.15, 0.2) is 18.2 Å². The topological polar surface area (TPSA) is 81.7 Å². The molecule has 7 heteroatoms. The average molecular weight is 326 g/mol. The number of carbonyl (C=O) groups excluding carboxylic acids is 2. The zero-order valence-corrected chi connectivity index (χ0v) is 13.2. The Morgan fingerprint density at radius 3 is 2.86 bits per heavy atom. The minimum atomic E-state index is -0.479. The fourth-order valence-electron chi connectivity index (χ4n) is 2.22. The van der Waals surface area contributed by atoms with Gasteiger partial charge in [0.2, 0.25) is 0 Å². The number of aliphatic hydroxyl groups excluding tert-OH is 1. The second kappa shape index (κ2) is 7.47. The Morgan fingerprint density at radius 1 is 1.45 bits per heavy atom. The van der Waals surface area contributed by atoms with Crippen molar-refractivity contribution in [3.63, 3.8) is 0 Å². The molecule has 3 N–H and O–H groups in total. The third-order valence-corrected chi connectivity index (χ3v) is 3.79. The largest absolute Gasteiger partial charge is 0.391 e. The number of benzene rings is 1. The molecule has 0 aromatic heterocycles. The predicted octanol–water partition coefficient (Wildman–Crippen LogP) is 2.08. The Hall–Kier alpha value is -1.79. The van der Waals surface area contributed by atoms with Gasteiger partial charge in [0.15, 0.2) is 0 Å². The molecular formula is C15H20ClN3O3. The number of β-amino-alcohol motifs (C(OH)–C–C–N with tert-alkyl or cyclic N) is 1. The van der Waals surface area contributed by atoms with Gasteiger partial charge in [-0.15, -0.1) is 0 Å². The third-order valence-electron chi connectivity index (χ3n) is 3.46. The number of nitrogens with one attached hydrogen (secondary N) is 2. The van der Waals surface area contributed by atoms with Crippen LogP contribution in [0.25, 0.3) is 0 Å². The molecule has 120 valence electrons. The van der Waals surface area contributed by atoms with Crippen LogP contribution in [0.3, 0.4) is 0 Å². The van der Waals surface area contributed by atoms with Gasteiger partial charge in [0, 0.05) is 25.2 Å². The third kappa shape index (κ3) is 4.11. The molecule has 1 heterocycles. The smallest absolute Gasteiger partial charge is 0.321 e. The number of carbonyl (C=O) groups is 2. The van der Waals surface area contributed by atoms with E-state index in [9.17, 15) is 14.7 Å². The van der Waals surface area contributed by atoms with E-state index in [-0.39, 0.29) is 11.9 Å². The lowest BCUT2D eigenvalue weighted by Crippen LogP contribution is -2.33. The summed E-state index contributed by atoms with van der Waals surface area (Å²) in [4.78, 5) is 25.6. The van der Waals surface area contributed by atoms with Gasteiger partial charge in [-0.05, 0) is 31.0 Å². The standard InChI is InChI=1S/C15H20ClN3O3/c1-2-6-17-14(21)10-3-4-12(16)13(8-10)18-15(22)19-7-5-11(20)9-19/h3-4,8,11,20H,2,5-7,9H2,1H3,(H,17,21)(H,18,22)/t11-/m1/s1. The summed E-state index contributed by atoms with van der Waals surface area (Å²) in [6, 6.07) is 4.42. The zero-order chi connectivity index (χ0) is 16.1. The van der Waals surface area contributed by atoms with Crippen molar-refractivity contribution in [1.82, 2.24) is 10.2 Å². The predicted molar refractivity (Wildman–Crippen MR) is 85.3 cm³/mol. The molecule has 1 saturated heterocycles. The van der Waals surface area contributed by atoms with Crippen molar-refractivity contribution in [1.29, 1.82) is 0 Å². The molecule has 0 saturated carbocycles. The molecule has 1 fully saturated rings. The molecule has 1 aliphatic heterocycles. The quantitative estimate of drug-likeness (QED) is 0.792. The first-order chi connectivity index (χ1) is 10.5. The monoisotopic (exact) mass is 325 g/mol. The number of amides is 3. The zero-order valence-electron chi connectivity index (χ0n) is 12.4. The van der Waals surface area contributed by atoms with Crippen LogP contribution in [0.1, 0.15) is 30.1 Å². The van der Waals surface area contributed by atoms with Crippen LogP contribution >= 0.6 is 11.6 Å². The summed E-state index contributed by atoms with van der Waals surface area (Å²) in [5.74, 6) is -0.203. The number of halogens is 1. The SMILES string of the molecule is CCCNC(=O)c1ccc(Cl)c(NC(=O)N2CC[C@@H](O)C2)c1. The van der Waals surface area contributed by atoms with Crippen LogP contribution in [0.5, 0.6) is 0 Å². The minimum absolute atomic E-state index is 0.203. The molecule has 1 aliphatic rings. The molecule has 0 aliphatic carbocycles. The summed E-state index contributed by atoms with van der Waals surface area (Å²) in [6.45, 7) is 3.37. The van der Waals surface area contributed by atoms with Gasteiger partial charge in [0.1, 0.15) is 0 Å². The van der Waals surface area contributed by atoms with Crippen LogP contribution in [-0.2, 0) is 0 Å². The fourth-order valence-corrected chi connectivity index (χ4v) is 2.39. The van der Waals surface area contributed by atoms with E-state index >= 15 is 0 Å². The molecule has 0 radical (unpaired) electrons. The summed E-state index contributed by atoms with van der Waals surface area (Å²) in [6.07, 6.45) is 0.938. The summed E-state index contributed by atoms with van der Waals surface area (Å²) in [5, 5.41) is 15.3. The number of nitrogens with zero attached hydrogens (tertiary/aromatic N) is 1. The molecule has 2 rings (SSSR count). The number of hydrogen-bond donors (Lipinski definition) is 3. The molecule has 1 atom stereocenters. The van der Waals surface area contributed by atoms with Crippen molar-refractivity contribution in [3.8, 4) is 0 Å². The first kappa shape index (κ1) is 16.6. The minimum Gasteiger partial charge on any atom is -0.391 e. The Kier molecular flexibility index (Phi) is 5.63. The number of urea groups is 1. The summed E-state index contributed by atoms with van der Waals surface area (Å²) >= 11 is 6.07. The molecule has 1 aromatic carbocycles. The van der Waals surface area contributed by atoms with E-state index in [0.717, 1.165) is 6.42 Å². The van der Waals surface area contributed by atoms with Gasteiger partial charge in [0.25, 0.3) is 5.91 Å². The van der Waals surface area contributed by atoms with Crippen LogP contribution < -0.4 is 10.6 Å². The van der Waals surface area contributed by atoms with Gasteiger partial charge < -0.3 is 20.6 Å². The van der Waals surface area contributed by atoms with E-state index in [1.165, 1.54) is 4.90 Å². The lowest BCUT2D eigenvalue weighted by atomic mass is 10.2. The highest BCUT2D eigenvalue weighted by Gasteiger charge is 2.25. The average Bonchev–Trinajstić information content (AvgIpc) is 2.93. The summed E-state index contributed by atoms with van der Waals surface area (Å²) in [7, 11) is 0. The van der Waals surface area contributed by atoms with Gasteiger partial charge in [0.05, 0.1) is 16.8 Å². The number of anilines is 1. The normalized spacial score (nSPS) is 17.4. The summed E-state index contributed by atoms with van der Waals surface area (Å²) in [5.41, 5.74) is 0.826. The number of aliphatic hydroxyl groups is 1. The van der Waals surface area contributed by atoms with Crippen molar-refractivity contribution in [3.05, 3.63) is 28.8 Å². The first-order valence-corrected chi connectivity index (χ1v) is 7.70. The highest BCUT2D eigenvalue weighted by molar-refractivity contribution is 6.33. The molecule has 3 amide bonds. The maximum absolute atomic E-state index is 12.1. The van der Waals surface area contributed by atoms with Crippen LogP contribution in [0, 0.1) is 0 Å². The van der Waals surface area contributed by atoms with Crippen molar-refractivity contribution in [2.75, 3.05) is 25.0 Å². The molecule has 0 bridgehead atoms. The molecule has 6 nitrogen and oxygen atoms in total. The van der Waals surface area contributed by atoms with Gasteiger partial charge in [-0.25, -0.2) is 4.79 Å². The Labute approximate surface area is 134 Å². The molecule has 22 heavy (non-hydrogen) atoms. The van der Waals surface area contributed by atoms with E-state index in [1.54, 1.807) is 18.2 Å². The lowest BCUT2D eigenvalue weighted by Gasteiger charge is -2.17. The van der Waals surface area contributed by atoms with Gasteiger partial charge in [-0.2, -0.15) is 0 Å². The van der Waals surface area contributed by atoms with Crippen molar-refractivity contribution >= 4 is 29.2 Å². The van der Waals surface area contributed by atoms with E-state index in [2.05, 4.69) is 10.6 Å². The van der Waals surface area contributed by atoms with Crippen LogP contribution in [0.2, 0.25) is 5.02 Å². The van der Waals surface area contributed by atoms with Gasteiger partial charge in [-0.1, -0.05) is 18.5 Å². The van der Waals surface area contributed by atoms with Crippen molar-refractivity contribution in [2.45, 2.75) is 25.9 Å². The van der Waals surface area contributed by atoms with Crippen molar-refractivity contribution < 1.29 is 14.7 Å². The second-order valence-corrected chi connectivity index (χ2v) is 5.68.